The summed E-state index contributed by atoms with van der Waals surface area (Å²) in [6.07, 6.45) is 1.79. The molecule has 1 aromatic carbocycles. The van der Waals surface area contributed by atoms with Crippen molar-refractivity contribution < 1.29 is 9.50 Å². The third-order valence-corrected chi connectivity index (χ3v) is 4.12. The minimum atomic E-state index is -0.0997. The van der Waals surface area contributed by atoms with Crippen molar-refractivity contribution in [3.8, 4) is 0 Å². The van der Waals surface area contributed by atoms with Crippen molar-refractivity contribution in [1.82, 2.24) is 5.32 Å². The van der Waals surface area contributed by atoms with Gasteiger partial charge >= 0.3 is 0 Å². The summed E-state index contributed by atoms with van der Waals surface area (Å²) in [5, 5.41) is 13.3. The lowest BCUT2D eigenvalue weighted by molar-refractivity contribution is 0.170. The van der Waals surface area contributed by atoms with E-state index < -0.39 is 0 Å². The van der Waals surface area contributed by atoms with Gasteiger partial charge in [0.1, 0.15) is 0 Å². The average Bonchev–Trinajstić information content (AvgIpc) is 2.89. The Hall–Kier alpha value is -0.930. The van der Waals surface area contributed by atoms with Crippen LogP contribution in [0.5, 0.6) is 0 Å². The Morgan fingerprint density at radius 1 is 1.29 bits per heavy atom. The van der Waals surface area contributed by atoms with Crippen LogP contribution in [0.25, 0.3) is 0 Å². The zero-order chi connectivity index (χ0) is 12.3. The van der Waals surface area contributed by atoms with Crippen LogP contribution in [0.3, 0.4) is 0 Å². The molecule has 1 unspecified atom stereocenters. The number of halogens is 1. The van der Waals surface area contributed by atoms with Crippen molar-refractivity contribution in [2.45, 2.75) is 24.4 Å². The summed E-state index contributed by atoms with van der Waals surface area (Å²) in [5.41, 5.74) is 1.61. The molecule has 94 valence electrons. The molecule has 1 aliphatic carbocycles. The van der Waals surface area contributed by atoms with Crippen LogP contribution in [0.4, 0.5) is 4.39 Å². The van der Waals surface area contributed by atoms with Gasteiger partial charge in [-0.15, -0.1) is 0 Å². The molecule has 1 aromatic rings. The Bertz CT molecular complexity index is 356. The van der Waals surface area contributed by atoms with Crippen LogP contribution in [-0.2, 0) is 5.41 Å². The molecule has 0 amide bonds. The van der Waals surface area contributed by atoms with E-state index in [9.17, 15) is 9.50 Å². The molecule has 0 radical (unpaired) electrons. The molecule has 1 saturated heterocycles. The molecule has 0 aromatic heterocycles. The van der Waals surface area contributed by atoms with Gasteiger partial charge in [0.2, 0.25) is 0 Å². The Labute approximate surface area is 102 Å². The molecule has 0 spiro atoms. The molecule has 2 N–H and O–H groups in total. The lowest BCUT2D eigenvalue weighted by atomic mass is 9.75. The van der Waals surface area contributed by atoms with Gasteiger partial charge in [0, 0.05) is 12.0 Å². The van der Waals surface area contributed by atoms with Crippen molar-refractivity contribution in [2.75, 3.05) is 20.3 Å². The zero-order valence-corrected chi connectivity index (χ0v) is 10.2. The van der Waals surface area contributed by atoms with Gasteiger partial charge in [0.05, 0.1) is 13.3 Å². The van der Waals surface area contributed by atoms with E-state index in [0.29, 0.717) is 13.1 Å². The van der Waals surface area contributed by atoms with Crippen molar-refractivity contribution in [3.05, 3.63) is 35.9 Å². The monoisotopic (exact) mass is 237 g/mol. The van der Waals surface area contributed by atoms with E-state index in [1.54, 1.807) is 0 Å². The number of rotatable bonds is 1. The van der Waals surface area contributed by atoms with Gasteiger partial charge in [0.15, 0.2) is 0 Å². The first-order valence-electron chi connectivity index (χ1n) is 6.13. The maximum atomic E-state index is 9.83. The second kappa shape index (κ2) is 5.15. The number of benzene rings is 1. The molecule has 3 atom stereocenters. The van der Waals surface area contributed by atoms with E-state index in [1.165, 1.54) is 5.56 Å². The molecule has 1 aliphatic heterocycles. The van der Waals surface area contributed by atoms with E-state index in [4.69, 9.17) is 0 Å². The van der Waals surface area contributed by atoms with Gasteiger partial charge in [-0.1, -0.05) is 30.3 Å². The molecule has 2 nitrogen and oxygen atoms in total. The number of alkyl halides is 1. The van der Waals surface area contributed by atoms with E-state index >= 15 is 0 Å². The van der Waals surface area contributed by atoms with E-state index in [2.05, 4.69) is 35.6 Å². The summed E-state index contributed by atoms with van der Waals surface area (Å²) >= 11 is 0. The summed E-state index contributed by atoms with van der Waals surface area (Å²) in [4.78, 5) is 0. The summed E-state index contributed by atoms with van der Waals surface area (Å²) in [5.74, 6) is 0.620. The molecular weight excluding hydrogens is 217 g/mol. The molecule has 3 rings (SSSR count). The lowest BCUT2D eigenvalue weighted by Crippen LogP contribution is -2.31. The van der Waals surface area contributed by atoms with Crippen molar-refractivity contribution in [3.63, 3.8) is 0 Å². The largest absolute Gasteiger partial charge is 0.393 e. The summed E-state index contributed by atoms with van der Waals surface area (Å²) in [6, 6.07) is 10.7. The highest BCUT2D eigenvalue weighted by atomic mass is 19.1. The number of nitrogens with one attached hydrogen (secondary N) is 1. The quantitative estimate of drug-likeness (QED) is 0.781. The van der Waals surface area contributed by atoms with Crippen molar-refractivity contribution >= 4 is 0 Å². The van der Waals surface area contributed by atoms with Crippen molar-refractivity contribution in [2.24, 2.45) is 5.92 Å². The van der Waals surface area contributed by atoms with Crippen LogP contribution in [0.1, 0.15) is 18.4 Å². The van der Waals surface area contributed by atoms with Crippen LogP contribution in [-0.4, -0.2) is 31.5 Å². The number of fused-ring (bicyclic) bond motifs is 1. The van der Waals surface area contributed by atoms with Crippen LogP contribution in [0.15, 0.2) is 30.3 Å². The zero-order valence-electron chi connectivity index (χ0n) is 10.2. The van der Waals surface area contributed by atoms with Gasteiger partial charge < -0.3 is 10.4 Å². The van der Waals surface area contributed by atoms with Gasteiger partial charge in [0.25, 0.3) is 0 Å². The summed E-state index contributed by atoms with van der Waals surface area (Å²) in [6.45, 7) is 2.09. The number of aliphatic hydroxyl groups is 1. The standard InChI is InChI=1S/C13H17NO.CH3F/c15-12-6-11-8-14-9-13(11,7-12)10-4-2-1-3-5-10;1-2/h1-5,11-12,14-15H,6-9H2;1H3/t11-,12?,13+;/m1./s1. The third kappa shape index (κ3) is 2.09. The van der Waals surface area contributed by atoms with Crippen LogP contribution in [0.2, 0.25) is 0 Å². The van der Waals surface area contributed by atoms with Gasteiger partial charge in [-0.3, -0.25) is 4.39 Å². The van der Waals surface area contributed by atoms with Crippen molar-refractivity contribution in [1.29, 1.82) is 0 Å². The fourth-order valence-corrected chi connectivity index (χ4v) is 3.41. The maximum Gasteiger partial charge on any atom is 0.0785 e. The first-order chi connectivity index (χ1) is 8.31. The highest BCUT2D eigenvalue weighted by molar-refractivity contribution is 5.31. The summed E-state index contributed by atoms with van der Waals surface area (Å²) in [7, 11) is 0.500. The van der Waals surface area contributed by atoms with Gasteiger partial charge in [-0.05, 0) is 30.9 Å². The first kappa shape index (κ1) is 12.5. The molecule has 2 aliphatic rings. The lowest BCUT2D eigenvalue weighted by Gasteiger charge is -2.28. The first-order valence-corrected chi connectivity index (χ1v) is 6.13. The topological polar surface area (TPSA) is 32.3 Å². The molecule has 0 bridgehead atoms. The Kier molecular flexibility index (Phi) is 3.79. The van der Waals surface area contributed by atoms with E-state index in [-0.39, 0.29) is 11.5 Å². The number of aliphatic hydroxyl groups excluding tert-OH is 1. The van der Waals surface area contributed by atoms with Gasteiger partial charge in [-0.25, -0.2) is 0 Å². The normalized spacial score (nSPS) is 35.0. The Morgan fingerprint density at radius 3 is 2.71 bits per heavy atom. The highest BCUT2D eigenvalue weighted by Gasteiger charge is 2.50. The molecule has 1 heterocycles. The van der Waals surface area contributed by atoms with E-state index in [1.807, 2.05) is 0 Å². The molecular formula is C14H20FNO. The number of hydrogen-bond donors (Lipinski definition) is 2. The van der Waals surface area contributed by atoms with Gasteiger partial charge in [-0.2, -0.15) is 0 Å². The Balaban J connectivity index is 0.000000514. The molecule has 1 saturated carbocycles. The van der Waals surface area contributed by atoms with Crippen LogP contribution < -0.4 is 5.32 Å². The van der Waals surface area contributed by atoms with E-state index in [0.717, 1.165) is 25.9 Å². The fourth-order valence-electron chi connectivity index (χ4n) is 3.41. The SMILES string of the molecule is CF.OC1C[C@@H]2CNC[C@]2(c2ccccc2)C1. The molecule has 2 fully saturated rings. The average molecular weight is 237 g/mol. The highest BCUT2D eigenvalue weighted by Crippen LogP contribution is 2.47. The third-order valence-electron chi connectivity index (χ3n) is 4.12. The smallest absolute Gasteiger partial charge is 0.0785 e. The van der Waals surface area contributed by atoms with Crippen LogP contribution >= 0.6 is 0 Å². The second-order valence-electron chi connectivity index (χ2n) is 4.94. The second-order valence-corrected chi connectivity index (χ2v) is 4.94. The Morgan fingerprint density at radius 2 is 2.00 bits per heavy atom. The summed E-state index contributed by atoms with van der Waals surface area (Å²) < 4.78 is 9.50. The fraction of sp³-hybridized carbons (Fsp3) is 0.571. The predicted molar refractivity (Wildman–Crippen MR) is 66.8 cm³/mol. The molecule has 17 heavy (non-hydrogen) atoms. The maximum absolute atomic E-state index is 9.83. The minimum Gasteiger partial charge on any atom is -0.393 e. The number of hydrogen-bond acceptors (Lipinski definition) is 2. The van der Waals surface area contributed by atoms with Crippen LogP contribution in [0, 0.1) is 5.92 Å². The predicted octanol–water partition coefficient (Wildman–Crippen LogP) is 1.88. The molecule has 3 heteroatoms. The minimum absolute atomic E-state index is 0.0997.